The van der Waals surface area contributed by atoms with Crippen LogP contribution < -0.4 is 5.32 Å². The Morgan fingerprint density at radius 3 is 2.50 bits per heavy atom. The van der Waals surface area contributed by atoms with Crippen molar-refractivity contribution in [1.82, 2.24) is 10.3 Å². The van der Waals surface area contributed by atoms with Gasteiger partial charge in [0.15, 0.2) is 0 Å². The van der Waals surface area contributed by atoms with Gasteiger partial charge in [-0.25, -0.2) is 0 Å². The van der Waals surface area contributed by atoms with Gasteiger partial charge in [-0.2, -0.15) is 0 Å². The van der Waals surface area contributed by atoms with Gasteiger partial charge >= 0.3 is 0 Å². The Bertz CT molecular complexity index is 300. The van der Waals surface area contributed by atoms with Gasteiger partial charge in [0.1, 0.15) is 0 Å². The minimum Gasteiger partial charge on any atom is -0.310 e. The van der Waals surface area contributed by atoms with Crippen LogP contribution in [-0.4, -0.2) is 11.5 Å². The Hall–Kier alpha value is -0.890. The highest BCUT2D eigenvalue weighted by molar-refractivity contribution is 5.12. The van der Waals surface area contributed by atoms with E-state index in [2.05, 4.69) is 51.0 Å². The van der Waals surface area contributed by atoms with Crippen LogP contribution in [0.3, 0.4) is 0 Å². The predicted octanol–water partition coefficient (Wildman–Crippen LogP) is 3.41. The summed E-state index contributed by atoms with van der Waals surface area (Å²) in [6, 6.07) is 4.48. The standard InChI is InChI=1S/C14H24N2/c1-11(14(3,4)5)9-16-12(2)13-7-6-8-15-10-13/h6-8,10-12,16H,9H2,1-5H3. The van der Waals surface area contributed by atoms with E-state index in [9.17, 15) is 0 Å². The van der Waals surface area contributed by atoms with Crippen molar-refractivity contribution in [2.75, 3.05) is 6.54 Å². The highest BCUT2D eigenvalue weighted by atomic mass is 14.9. The number of nitrogens with one attached hydrogen (secondary N) is 1. The van der Waals surface area contributed by atoms with Crippen LogP contribution in [-0.2, 0) is 0 Å². The highest BCUT2D eigenvalue weighted by Gasteiger charge is 2.20. The molecule has 2 unspecified atom stereocenters. The van der Waals surface area contributed by atoms with Crippen molar-refractivity contribution < 1.29 is 0 Å². The zero-order chi connectivity index (χ0) is 12.2. The molecule has 0 bridgehead atoms. The molecular weight excluding hydrogens is 196 g/mol. The average Bonchev–Trinajstić information content (AvgIpc) is 2.25. The summed E-state index contributed by atoms with van der Waals surface area (Å²) in [6.45, 7) is 12.4. The Balaban J connectivity index is 2.45. The second-order valence-corrected chi connectivity index (χ2v) is 5.68. The Labute approximate surface area is 99.5 Å². The van der Waals surface area contributed by atoms with E-state index in [1.165, 1.54) is 5.56 Å². The minimum absolute atomic E-state index is 0.363. The molecule has 0 radical (unpaired) electrons. The Kier molecular flexibility index (Phi) is 4.48. The summed E-state index contributed by atoms with van der Waals surface area (Å²) in [5, 5.41) is 3.57. The molecule has 2 heteroatoms. The van der Waals surface area contributed by atoms with Crippen molar-refractivity contribution in [2.45, 2.75) is 40.7 Å². The summed E-state index contributed by atoms with van der Waals surface area (Å²) >= 11 is 0. The summed E-state index contributed by atoms with van der Waals surface area (Å²) < 4.78 is 0. The molecule has 0 aromatic carbocycles. The first-order valence-corrected chi connectivity index (χ1v) is 6.04. The monoisotopic (exact) mass is 220 g/mol. The lowest BCUT2D eigenvalue weighted by Crippen LogP contribution is -2.31. The van der Waals surface area contributed by atoms with E-state index in [-0.39, 0.29) is 0 Å². The van der Waals surface area contributed by atoms with Gasteiger partial charge in [0.05, 0.1) is 0 Å². The normalized spacial score (nSPS) is 15.8. The third-order valence-corrected chi connectivity index (χ3v) is 3.39. The molecule has 1 aromatic heterocycles. The largest absolute Gasteiger partial charge is 0.310 e. The molecule has 0 saturated heterocycles. The average molecular weight is 220 g/mol. The molecule has 0 aliphatic heterocycles. The first kappa shape index (κ1) is 13.2. The summed E-state index contributed by atoms with van der Waals surface area (Å²) in [5.74, 6) is 0.659. The maximum absolute atomic E-state index is 4.14. The molecule has 0 amide bonds. The number of rotatable bonds is 4. The first-order valence-electron chi connectivity index (χ1n) is 6.04. The zero-order valence-electron chi connectivity index (χ0n) is 11.1. The van der Waals surface area contributed by atoms with Crippen LogP contribution in [0.25, 0.3) is 0 Å². The van der Waals surface area contributed by atoms with Crippen LogP contribution in [0.1, 0.15) is 46.2 Å². The molecule has 0 saturated carbocycles. The van der Waals surface area contributed by atoms with Gasteiger partial charge in [-0.15, -0.1) is 0 Å². The third-order valence-electron chi connectivity index (χ3n) is 3.39. The fourth-order valence-corrected chi connectivity index (χ4v) is 1.41. The third kappa shape index (κ3) is 3.93. The van der Waals surface area contributed by atoms with Crippen molar-refractivity contribution in [3.8, 4) is 0 Å². The quantitative estimate of drug-likeness (QED) is 0.841. The van der Waals surface area contributed by atoms with Crippen LogP contribution in [0.2, 0.25) is 0 Å². The lowest BCUT2D eigenvalue weighted by Gasteiger charge is -2.28. The molecule has 1 rings (SSSR count). The molecule has 1 N–H and O–H groups in total. The molecule has 0 aliphatic rings. The van der Waals surface area contributed by atoms with E-state index in [1.807, 2.05) is 18.5 Å². The van der Waals surface area contributed by atoms with E-state index in [4.69, 9.17) is 0 Å². The van der Waals surface area contributed by atoms with Crippen molar-refractivity contribution in [3.63, 3.8) is 0 Å². The fraction of sp³-hybridized carbons (Fsp3) is 0.643. The second kappa shape index (κ2) is 5.44. The summed E-state index contributed by atoms with van der Waals surface area (Å²) in [4.78, 5) is 4.14. The fourth-order valence-electron chi connectivity index (χ4n) is 1.41. The SMILES string of the molecule is CC(NCC(C)C(C)(C)C)c1cccnc1. The molecule has 2 atom stereocenters. The van der Waals surface area contributed by atoms with E-state index >= 15 is 0 Å². The smallest absolute Gasteiger partial charge is 0.0315 e. The zero-order valence-corrected chi connectivity index (χ0v) is 11.1. The Morgan fingerprint density at radius 2 is 2.00 bits per heavy atom. The molecule has 1 heterocycles. The molecular formula is C14H24N2. The van der Waals surface area contributed by atoms with Gasteiger partial charge in [0.25, 0.3) is 0 Å². The molecule has 0 fully saturated rings. The number of aromatic nitrogens is 1. The van der Waals surface area contributed by atoms with E-state index in [1.54, 1.807) is 0 Å². The number of hydrogen-bond acceptors (Lipinski definition) is 2. The maximum Gasteiger partial charge on any atom is 0.0315 e. The van der Waals surface area contributed by atoms with Crippen LogP contribution in [0.15, 0.2) is 24.5 Å². The first-order chi connectivity index (χ1) is 7.41. The van der Waals surface area contributed by atoms with Gasteiger partial charge in [-0.1, -0.05) is 33.8 Å². The summed E-state index contributed by atoms with van der Waals surface area (Å²) in [6.07, 6.45) is 3.74. The molecule has 0 aliphatic carbocycles. The lowest BCUT2D eigenvalue weighted by molar-refractivity contribution is 0.247. The second-order valence-electron chi connectivity index (χ2n) is 5.68. The van der Waals surface area contributed by atoms with Crippen LogP contribution in [0.5, 0.6) is 0 Å². The highest BCUT2D eigenvalue weighted by Crippen LogP contribution is 2.25. The van der Waals surface area contributed by atoms with Crippen LogP contribution in [0, 0.1) is 11.3 Å². The lowest BCUT2D eigenvalue weighted by atomic mass is 9.82. The predicted molar refractivity (Wildman–Crippen MR) is 69.3 cm³/mol. The summed E-state index contributed by atoms with van der Waals surface area (Å²) in [5.41, 5.74) is 1.62. The molecule has 90 valence electrons. The van der Waals surface area contributed by atoms with Crippen LogP contribution >= 0.6 is 0 Å². The number of pyridine rings is 1. The van der Waals surface area contributed by atoms with E-state index in [0.29, 0.717) is 17.4 Å². The van der Waals surface area contributed by atoms with Crippen molar-refractivity contribution >= 4 is 0 Å². The van der Waals surface area contributed by atoms with Crippen molar-refractivity contribution in [2.24, 2.45) is 11.3 Å². The van der Waals surface area contributed by atoms with Crippen LogP contribution in [0.4, 0.5) is 0 Å². The maximum atomic E-state index is 4.14. The van der Waals surface area contributed by atoms with Crippen molar-refractivity contribution in [1.29, 1.82) is 0 Å². The molecule has 2 nitrogen and oxygen atoms in total. The van der Waals surface area contributed by atoms with Gasteiger partial charge in [0.2, 0.25) is 0 Å². The van der Waals surface area contributed by atoms with Gasteiger partial charge in [-0.3, -0.25) is 4.98 Å². The van der Waals surface area contributed by atoms with Gasteiger partial charge in [0, 0.05) is 18.4 Å². The molecule has 0 spiro atoms. The van der Waals surface area contributed by atoms with Gasteiger partial charge in [-0.05, 0) is 36.4 Å². The number of hydrogen-bond donors (Lipinski definition) is 1. The van der Waals surface area contributed by atoms with Gasteiger partial charge < -0.3 is 5.32 Å². The summed E-state index contributed by atoms with van der Waals surface area (Å²) in [7, 11) is 0. The molecule has 16 heavy (non-hydrogen) atoms. The van der Waals surface area contributed by atoms with Crippen molar-refractivity contribution in [3.05, 3.63) is 30.1 Å². The van der Waals surface area contributed by atoms with E-state index < -0.39 is 0 Å². The number of nitrogens with zero attached hydrogens (tertiary/aromatic N) is 1. The minimum atomic E-state index is 0.363. The van der Waals surface area contributed by atoms with E-state index in [0.717, 1.165) is 6.54 Å². The molecule has 1 aromatic rings. The Morgan fingerprint density at radius 1 is 1.31 bits per heavy atom. The topological polar surface area (TPSA) is 24.9 Å².